The summed E-state index contributed by atoms with van der Waals surface area (Å²) in [5.74, 6) is -0.550. The molecule has 2 heterocycles. The van der Waals surface area contributed by atoms with Gasteiger partial charge in [0.25, 0.3) is 0 Å². The van der Waals surface area contributed by atoms with Crippen molar-refractivity contribution in [1.29, 1.82) is 0 Å². The number of amidine groups is 1. The number of nitrogens with zero attached hydrogens (tertiary/aromatic N) is 3. The molecule has 6 heteroatoms. The van der Waals surface area contributed by atoms with Crippen molar-refractivity contribution < 1.29 is 14.0 Å². The van der Waals surface area contributed by atoms with E-state index in [2.05, 4.69) is 23.6 Å². The van der Waals surface area contributed by atoms with E-state index in [1.54, 1.807) is 6.07 Å². The van der Waals surface area contributed by atoms with Gasteiger partial charge >= 0.3 is 0 Å². The van der Waals surface area contributed by atoms with Gasteiger partial charge in [0, 0.05) is 19.0 Å². The molecule has 2 atom stereocenters. The number of aliphatic imine (C=N–C) groups is 1. The summed E-state index contributed by atoms with van der Waals surface area (Å²) in [5, 5.41) is 11.7. The highest BCUT2D eigenvalue weighted by atomic mass is 19.2. The first-order valence-electron chi connectivity index (χ1n) is 12.3. The molecule has 1 saturated carbocycles. The molecule has 0 aromatic heterocycles. The largest absolute Gasteiger partial charge is 0.346 e. The van der Waals surface area contributed by atoms with Gasteiger partial charge in [0.1, 0.15) is 5.84 Å². The quantitative estimate of drug-likeness (QED) is 0.528. The number of allylic oxidation sites excluding steroid dienone is 2. The van der Waals surface area contributed by atoms with E-state index in [0.717, 1.165) is 49.2 Å². The number of hydrogen-bond acceptors (Lipinski definition) is 4. The van der Waals surface area contributed by atoms with E-state index in [-0.39, 0.29) is 11.5 Å². The summed E-state index contributed by atoms with van der Waals surface area (Å²) in [6, 6.07) is 4.67. The number of hydroxylamine groups is 2. The second-order valence-corrected chi connectivity index (χ2v) is 9.97. The maximum atomic E-state index is 14.0. The smallest absolute Gasteiger partial charge is 0.159 e. The maximum absolute atomic E-state index is 14.0. The highest BCUT2D eigenvalue weighted by Gasteiger charge is 2.47. The lowest BCUT2D eigenvalue weighted by Gasteiger charge is -2.46. The van der Waals surface area contributed by atoms with Gasteiger partial charge in [-0.25, -0.2) is 8.78 Å². The third-order valence-electron chi connectivity index (χ3n) is 7.84. The highest BCUT2D eigenvalue weighted by Crippen LogP contribution is 2.44. The number of halogens is 2. The Hall–Kier alpha value is -2.47. The van der Waals surface area contributed by atoms with Crippen LogP contribution in [0.4, 0.5) is 8.78 Å². The standard InChI is InChI=1S/C27H33F2N3O/c1-2-6-19(20-10-11-23(28)24(29)15-20)16-26-30-18-27(32(26)22-8-3-4-9-22)13-12-25-21(17-27)7-5-14-31(25)33/h2,10-13,15,19,22,33H,1,3-9,14,16-18H2. The molecular weight excluding hydrogens is 420 g/mol. The Bertz CT molecular complexity index is 1010. The lowest BCUT2D eigenvalue weighted by molar-refractivity contribution is -0.0594. The zero-order chi connectivity index (χ0) is 23.0. The third kappa shape index (κ3) is 4.14. The molecule has 0 bridgehead atoms. The summed E-state index contributed by atoms with van der Waals surface area (Å²) in [5.41, 5.74) is 2.87. The van der Waals surface area contributed by atoms with Crippen LogP contribution < -0.4 is 0 Å². The summed E-state index contributed by atoms with van der Waals surface area (Å²) >= 11 is 0. The normalized spacial score (nSPS) is 26.2. The lowest BCUT2D eigenvalue weighted by Crippen LogP contribution is -2.54. The van der Waals surface area contributed by atoms with Crippen molar-refractivity contribution >= 4 is 5.84 Å². The molecule has 33 heavy (non-hydrogen) atoms. The van der Waals surface area contributed by atoms with E-state index in [9.17, 15) is 14.0 Å². The van der Waals surface area contributed by atoms with Crippen LogP contribution in [-0.2, 0) is 0 Å². The molecule has 1 spiro atoms. The van der Waals surface area contributed by atoms with E-state index >= 15 is 0 Å². The molecule has 0 radical (unpaired) electrons. The van der Waals surface area contributed by atoms with Gasteiger partial charge in [-0.3, -0.25) is 15.3 Å². The minimum Gasteiger partial charge on any atom is -0.346 e. The molecule has 2 aliphatic carbocycles. The molecule has 4 nitrogen and oxygen atoms in total. The Morgan fingerprint density at radius 1 is 1.21 bits per heavy atom. The predicted molar refractivity (Wildman–Crippen MR) is 126 cm³/mol. The summed E-state index contributed by atoms with van der Waals surface area (Å²) in [4.78, 5) is 7.64. The van der Waals surface area contributed by atoms with Gasteiger partial charge in [-0.15, -0.1) is 6.58 Å². The molecule has 176 valence electrons. The van der Waals surface area contributed by atoms with Crippen molar-refractivity contribution in [3.8, 4) is 0 Å². The lowest BCUT2D eigenvalue weighted by atomic mass is 9.80. The Morgan fingerprint density at radius 3 is 2.79 bits per heavy atom. The molecule has 2 aliphatic heterocycles. The zero-order valence-electron chi connectivity index (χ0n) is 19.1. The zero-order valence-corrected chi connectivity index (χ0v) is 19.1. The Balaban J connectivity index is 1.44. The van der Waals surface area contributed by atoms with Crippen molar-refractivity contribution in [2.24, 2.45) is 4.99 Å². The van der Waals surface area contributed by atoms with Crippen LogP contribution in [-0.4, -0.2) is 45.7 Å². The van der Waals surface area contributed by atoms with Crippen molar-refractivity contribution in [1.82, 2.24) is 9.96 Å². The molecule has 5 rings (SSSR count). The number of benzene rings is 1. The molecule has 1 fully saturated rings. The first-order chi connectivity index (χ1) is 16.0. The van der Waals surface area contributed by atoms with E-state index in [1.165, 1.54) is 35.6 Å². The molecule has 0 amide bonds. The van der Waals surface area contributed by atoms with E-state index in [0.29, 0.717) is 32.0 Å². The molecule has 1 N–H and O–H groups in total. The van der Waals surface area contributed by atoms with E-state index in [1.807, 2.05) is 6.08 Å². The molecular formula is C27H33F2N3O. The van der Waals surface area contributed by atoms with Gasteiger partial charge in [0.15, 0.2) is 11.6 Å². The Morgan fingerprint density at radius 2 is 2.03 bits per heavy atom. The van der Waals surface area contributed by atoms with Gasteiger partial charge in [-0.1, -0.05) is 31.1 Å². The number of hydrogen-bond donors (Lipinski definition) is 1. The highest BCUT2D eigenvalue weighted by molar-refractivity contribution is 5.87. The van der Waals surface area contributed by atoms with Crippen LogP contribution in [0.25, 0.3) is 0 Å². The molecule has 0 saturated heterocycles. The van der Waals surface area contributed by atoms with Crippen molar-refractivity contribution in [3.63, 3.8) is 0 Å². The summed E-state index contributed by atoms with van der Waals surface area (Å²) in [6.45, 7) is 5.29. The van der Waals surface area contributed by atoms with E-state index in [4.69, 9.17) is 4.99 Å². The first-order valence-corrected chi connectivity index (χ1v) is 12.3. The van der Waals surface area contributed by atoms with Crippen LogP contribution >= 0.6 is 0 Å². The van der Waals surface area contributed by atoms with Crippen LogP contribution in [0.5, 0.6) is 0 Å². The van der Waals surface area contributed by atoms with Crippen LogP contribution in [0, 0.1) is 11.6 Å². The second-order valence-electron chi connectivity index (χ2n) is 9.97. The van der Waals surface area contributed by atoms with Crippen LogP contribution in [0.2, 0.25) is 0 Å². The minimum absolute atomic E-state index is 0.000337. The van der Waals surface area contributed by atoms with Crippen molar-refractivity contribution in [3.05, 3.63) is 71.5 Å². The van der Waals surface area contributed by atoms with Crippen LogP contribution in [0.1, 0.15) is 69.3 Å². The fourth-order valence-electron chi connectivity index (χ4n) is 6.26. The maximum Gasteiger partial charge on any atom is 0.159 e. The Labute approximate surface area is 194 Å². The summed E-state index contributed by atoms with van der Waals surface area (Å²) in [7, 11) is 0. The molecule has 2 unspecified atom stereocenters. The van der Waals surface area contributed by atoms with Crippen molar-refractivity contribution in [2.75, 3.05) is 13.1 Å². The van der Waals surface area contributed by atoms with Gasteiger partial charge in [0.2, 0.25) is 0 Å². The second kappa shape index (κ2) is 9.05. The van der Waals surface area contributed by atoms with Gasteiger partial charge < -0.3 is 4.90 Å². The fraction of sp³-hybridized carbons (Fsp3) is 0.519. The SMILES string of the molecule is C=CCC(CC1=NCC2(C=CC3=C(CCCN3O)C2)N1C1CCCC1)c1ccc(F)c(F)c1. The number of rotatable bonds is 6. The molecule has 1 aromatic rings. The van der Waals surface area contributed by atoms with Crippen molar-refractivity contribution in [2.45, 2.75) is 75.3 Å². The average molecular weight is 454 g/mol. The first kappa shape index (κ1) is 22.3. The molecule has 4 aliphatic rings. The van der Waals surface area contributed by atoms with Gasteiger partial charge in [-0.2, -0.15) is 0 Å². The third-order valence-corrected chi connectivity index (χ3v) is 7.84. The average Bonchev–Trinajstić information content (AvgIpc) is 3.44. The van der Waals surface area contributed by atoms with Crippen LogP contribution in [0.3, 0.4) is 0 Å². The molecule has 1 aromatic carbocycles. The van der Waals surface area contributed by atoms with Gasteiger partial charge in [0.05, 0.1) is 17.8 Å². The van der Waals surface area contributed by atoms with E-state index < -0.39 is 11.6 Å². The topological polar surface area (TPSA) is 39.1 Å². The summed E-state index contributed by atoms with van der Waals surface area (Å²) in [6.07, 6.45) is 15.2. The van der Waals surface area contributed by atoms with Gasteiger partial charge in [-0.05, 0) is 73.8 Å². The summed E-state index contributed by atoms with van der Waals surface area (Å²) < 4.78 is 27.6. The monoisotopic (exact) mass is 453 g/mol. The minimum atomic E-state index is -0.817. The van der Waals surface area contributed by atoms with Crippen LogP contribution in [0.15, 0.2) is 59.3 Å². The Kier molecular flexibility index (Phi) is 6.12. The fourth-order valence-corrected chi connectivity index (χ4v) is 6.26. The predicted octanol–water partition coefficient (Wildman–Crippen LogP) is 6.11.